The van der Waals surface area contributed by atoms with Gasteiger partial charge in [-0.2, -0.15) is 0 Å². The van der Waals surface area contributed by atoms with Crippen LogP contribution in [0.2, 0.25) is 0 Å². The van der Waals surface area contributed by atoms with Crippen molar-refractivity contribution in [1.82, 2.24) is 4.98 Å². The van der Waals surface area contributed by atoms with Gasteiger partial charge in [0.1, 0.15) is 0 Å². The minimum absolute atomic E-state index is 0.0785. The van der Waals surface area contributed by atoms with Crippen LogP contribution in [0.5, 0.6) is 0 Å². The first kappa shape index (κ1) is 11.5. The van der Waals surface area contributed by atoms with Crippen molar-refractivity contribution in [1.29, 1.82) is 0 Å². The van der Waals surface area contributed by atoms with Crippen LogP contribution in [-0.2, 0) is 5.41 Å². The maximum atomic E-state index is 12.0. The normalized spacial score (nSPS) is 17.8. The lowest BCUT2D eigenvalue weighted by atomic mass is 9.86. The second-order valence-corrected chi connectivity index (χ2v) is 6.94. The van der Waals surface area contributed by atoms with E-state index in [1.807, 2.05) is 6.07 Å². The molecule has 17 heavy (non-hydrogen) atoms. The standard InChI is InChI=1S/C13H11Br2NO/c1-13(2)5-9(17)12-10(13)7-3-6(14)4-8(15)11(7)16-12/h3-4,16H,5H2,1-2H3. The number of nitrogens with one attached hydrogen (secondary N) is 1. The lowest BCUT2D eigenvalue weighted by Crippen LogP contribution is -2.12. The molecule has 88 valence electrons. The molecule has 0 saturated carbocycles. The van der Waals surface area contributed by atoms with Crippen molar-refractivity contribution in [2.45, 2.75) is 25.7 Å². The number of H-pyrrole nitrogens is 1. The fourth-order valence-electron chi connectivity index (χ4n) is 2.71. The van der Waals surface area contributed by atoms with Crippen LogP contribution in [0.25, 0.3) is 10.9 Å². The van der Waals surface area contributed by atoms with Crippen molar-refractivity contribution in [2.24, 2.45) is 0 Å². The topological polar surface area (TPSA) is 32.9 Å². The summed E-state index contributed by atoms with van der Waals surface area (Å²) in [6, 6.07) is 4.07. The molecule has 1 heterocycles. The Bertz CT molecular complexity index is 655. The highest BCUT2D eigenvalue weighted by molar-refractivity contribution is 9.11. The zero-order valence-corrected chi connectivity index (χ0v) is 12.7. The SMILES string of the molecule is CC1(C)CC(=O)c2[nH]c3c(Br)cc(Br)cc3c21. The van der Waals surface area contributed by atoms with E-state index in [9.17, 15) is 4.79 Å². The van der Waals surface area contributed by atoms with Gasteiger partial charge < -0.3 is 4.98 Å². The minimum Gasteiger partial charge on any atom is -0.351 e. The van der Waals surface area contributed by atoms with Crippen molar-refractivity contribution < 1.29 is 4.79 Å². The monoisotopic (exact) mass is 355 g/mol. The Kier molecular flexibility index (Phi) is 2.33. The highest BCUT2D eigenvalue weighted by Gasteiger charge is 2.39. The van der Waals surface area contributed by atoms with Gasteiger partial charge in [0.2, 0.25) is 0 Å². The van der Waals surface area contributed by atoms with Crippen molar-refractivity contribution >= 4 is 48.5 Å². The van der Waals surface area contributed by atoms with Crippen molar-refractivity contribution in [3.8, 4) is 0 Å². The van der Waals surface area contributed by atoms with Gasteiger partial charge in [0.05, 0.1) is 11.2 Å². The smallest absolute Gasteiger partial charge is 0.180 e. The molecule has 2 nitrogen and oxygen atoms in total. The zero-order valence-electron chi connectivity index (χ0n) is 9.53. The van der Waals surface area contributed by atoms with Gasteiger partial charge in [0.25, 0.3) is 0 Å². The number of benzene rings is 1. The third-order valence-electron chi connectivity index (χ3n) is 3.38. The molecule has 3 rings (SSSR count). The van der Waals surface area contributed by atoms with Gasteiger partial charge in [-0.25, -0.2) is 0 Å². The average molecular weight is 357 g/mol. The molecule has 4 heteroatoms. The summed E-state index contributed by atoms with van der Waals surface area (Å²) in [6.45, 7) is 4.25. The molecule has 0 aliphatic heterocycles. The molecule has 0 saturated heterocycles. The van der Waals surface area contributed by atoms with E-state index in [2.05, 4.69) is 56.8 Å². The molecule has 2 aromatic rings. The van der Waals surface area contributed by atoms with Crippen LogP contribution < -0.4 is 0 Å². The van der Waals surface area contributed by atoms with Crippen LogP contribution in [-0.4, -0.2) is 10.8 Å². The third kappa shape index (κ3) is 1.54. The first-order chi connectivity index (χ1) is 7.90. The van der Waals surface area contributed by atoms with Crippen LogP contribution in [0, 0.1) is 0 Å². The summed E-state index contributed by atoms with van der Waals surface area (Å²) in [7, 11) is 0. The van der Waals surface area contributed by atoms with E-state index in [1.165, 1.54) is 0 Å². The molecular formula is C13H11Br2NO. The molecule has 0 spiro atoms. The van der Waals surface area contributed by atoms with Crippen molar-refractivity contribution in [2.75, 3.05) is 0 Å². The van der Waals surface area contributed by atoms with Gasteiger partial charge in [0.15, 0.2) is 5.78 Å². The van der Waals surface area contributed by atoms with E-state index in [4.69, 9.17) is 0 Å². The lowest BCUT2D eigenvalue weighted by Gasteiger charge is -2.17. The summed E-state index contributed by atoms with van der Waals surface area (Å²) in [5.41, 5.74) is 2.87. The van der Waals surface area contributed by atoms with Gasteiger partial charge in [-0.3, -0.25) is 4.79 Å². The number of carbonyl (C=O) groups excluding carboxylic acids is 1. The molecule has 0 fully saturated rings. The molecule has 0 radical (unpaired) electrons. The third-order valence-corrected chi connectivity index (χ3v) is 4.47. The minimum atomic E-state index is -0.0785. The summed E-state index contributed by atoms with van der Waals surface area (Å²) in [6.07, 6.45) is 0.592. The maximum Gasteiger partial charge on any atom is 0.180 e. The largest absolute Gasteiger partial charge is 0.351 e. The van der Waals surface area contributed by atoms with Crippen LogP contribution >= 0.6 is 31.9 Å². The van der Waals surface area contributed by atoms with Crippen LogP contribution in [0.15, 0.2) is 21.1 Å². The summed E-state index contributed by atoms with van der Waals surface area (Å²) in [5.74, 6) is 0.212. The number of halogens is 2. The Morgan fingerprint density at radius 2 is 2.00 bits per heavy atom. The second-order valence-electron chi connectivity index (χ2n) is 5.17. The zero-order chi connectivity index (χ0) is 12.4. The number of hydrogen-bond donors (Lipinski definition) is 1. The van der Waals surface area contributed by atoms with E-state index in [0.717, 1.165) is 31.1 Å². The highest BCUT2D eigenvalue weighted by atomic mass is 79.9. The number of fused-ring (bicyclic) bond motifs is 3. The highest BCUT2D eigenvalue weighted by Crippen LogP contribution is 2.44. The molecule has 0 unspecified atom stereocenters. The van der Waals surface area contributed by atoms with Crippen molar-refractivity contribution in [3.05, 3.63) is 32.3 Å². The van der Waals surface area contributed by atoms with E-state index in [-0.39, 0.29) is 11.2 Å². The maximum absolute atomic E-state index is 12.0. The van der Waals surface area contributed by atoms with Gasteiger partial charge in [-0.05, 0) is 39.0 Å². The van der Waals surface area contributed by atoms with Gasteiger partial charge >= 0.3 is 0 Å². The lowest BCUT2D eigenvalue weighted by molar-refractivity contribution is 0.0975. The number of ketones is 1. The van der Waals surface area contributed by atoms with Crippen LogP contribution in [0.3, 0.4) is 0 Å². The molecule has 0 bridgehead atoms. The predicted molar refractivity (Wildman–Crippen MR) is 75.7 cm³/mol. The Balaban J connectivity index is 2.47. The predicted octanol–water partition coefficient (Wildman–Crippen LogP) is 4.56. The van der Waals surface area contributed by atoms with E-state index in [1.54, 1.807) is 0 Å². The van der Waals surface area contributed by atoms with E-state index >= 15 is 0 Å². The first-order valence-electron chi connectivity index (χ1n) is 5.44. The van der Waals surface area contributed by atoms with Gasteiger partial charge in [-0.1, -0.05) is 29.8 Å². The number of carbonyl (C=O) groups is 1. The number of hydrogen-bond acceptors (Lipinski definition) is 1. The molecule has 0 amide bonds. The Hall–Kier alpha value is -0.610. The van der Waals surface area contributed by atoms with Crippen LogP contribution in [0.4, 0.5) is 0 Å². The Morgan fingerprint density at radius 3 is 2.71 bits per heavy atom. The number of aromatic amines is 1. The molecule has 1 aromatic carbocycles. The summed E-state index contributed by atoms with van der Waals surface area (Å²) in [4.78, 5) is 15.2. The molecule has 0 atom stereocenters. The molecule has 1 aliphatic rings. The Labute approximate surface area is 116 Å². The van der Waals surface area contributed by atoms with E-state index in [0.29, 0.717) is 6.42 Å². The number of aromatic nitrogens is 1. The molecule has 1 N–H and O–H groups in total. The Morgan fingerprint density at radius 1 is 1.29 bits per heavy atom. The van der Waals surface area contributed by atoms with Gasteiger partial charge in [-0.15, -0.1) is 0 Å². The molecular weight excluding hydrogens is 346 g/mol. The fraction of sp³-hybridized carbons (Fsp3) is 0.308. The van der Waals surface area contributed by atoms with Crippen LogP contribution in [0.1, 0.15) is 36.3 Å². The molecule has 1 aliphatic carbocycles. The number of rotatable bonds is 0. The van der Waals surface area contributed by atoms with Crippen molar-refractivity contribution in [3.63, 3.8) is 0 Å². The number of Topliss-reactive ketones (excluding diaryl/α,β-unsaturated/α-hetero) is 1. The fourth-order valence-corrected chi connectivity index (χ4v) is 4.03. The average Bonchev–Trinajstić information content (AvgIpc) is 2.65. The first-order valence-corrected chi connectivity index (χ1v) is 7.03. The summed E-state index contributed by atoms with van der Waals surface area (Å²) >= 11 is 7.03. The molecule has 1 aromatic heterocycles. The summed E-state index contributed by atoms with van der Waals surface area (Å²) < 4.78 is 2.01. The van der Waals surface area contributed by atoms with Gasteiger partial charge in [0, 0.05) is 20.8 Å². The summed E-state index contributed by atoms with van der Waals surface area (Å²) in [5, 5.41) is 1.14. The second kappa shape index (κ2) is 3.45. The van der Waals surface area contributed by atoms with E-state index < -0.39 is 0 Å². The quantitative estimate of drug-likeness (QED) is 0.737.